The number of nitrogens with one attached hydrogen (secondary N) is 1. The Morgan fingerprint density at radius 2 is 2.13 bits per heavy atom. The van der Waals surface area contributed by atoms with Gasteiger partial charge in [0.25, 0.3) is 0 Å². The summed E-state index contributed by atoms with van der Waals surface area (Å²) in [5, 5.41) is 3.62. The van der Waals surface area contributed by atoms with Gasteiger partial charge < -0.3 is 19.6 Å². The highest BCUT2D eigenvalue weighted by atomic mass is 35.5. The van der Waals surface area contributed by atoms with E-state index in [0.717, 1.165) is 6.29 Å². The van der Waals surface area contributed by atoms with E-state index in [0.29, 0.717) is 41.2 Å². The van der Waals surface area contributed by atoms with Crippen LogP contribution in [-0.2, 0) is 4.79 Å². The Morgan fingerprint density at radius 3 is 2.87 bits per heavy atom. The van der Waals surface area contributed by atoms with Crippen molar-refractivity contribution < 1.29 is 18.7 Å². The summed E-state index contributed by atoms with van der Waals surface area (Å²) in [7, 11) is 3.43. The highest BCUT2D eigenvalue weighted by Crippen LogP contribution is 2.37. The van der Waals surface area contributed by atoms with Crippen LogP contribution in [0.4, 0.5) is 15.9 Å². The quantitative estimate of drug-likeness (QED) is 0.595. The lowest BCUT2D eigenvalue weighted by Gasteiger charge is -2.17. The average molecular weight is 431 g/mol. The van der Waals surface area contributed by atoms with Gasteiger partial charge in [0.15, 0.2) is 17.3 Å². The van der Waals surface area contributed by atoms with Crippen LogP contribution >= 0.6 is 11.6 Å². The Morgan fingerprint density at radius 1 is 1.30 bits per heavy atom. The van der Waals surface area contributed by atoms with E-state index >= 15 is 0 Å². The minimum Gasteiger partial charge on any atom is -0.493 e. The van der Waals surface area contributed by atoms with Crippen LogP contribution in [0.3, 0.4) is 0 Å². The molecule has 2 atom stereocenters. The topological polar surface area (TPSA) is 76.6 Å². The maximum Gasteiger partial charge on any atom is 0.165 e. The molecule has 2 aromatic carbocycles. The highest BCUT2D eigenvalue weighted by molar-refractivity contribution is 6.31. The van der Waals surface area contributed by atoms with E-state index in [1.54, 1.807) is 31.4 Å². The number of likely N-dealkylation sites (tertiary alicyclic amines) is 1. The predicted molar refractivity (Wildman–Crippen MR) is 112 cm³/mol. The molecule has 1 aromatic heterocycles. The fourth-order valence-electron chi connectivity index (χ4n) is 3.55. The summed E-state index contributed by atoms with van der Waals surface area (Å²) >= 11 is 5.88. The molecule has 0 radical (unpaired) electrons. The molecule has 0 saturated carbocycles. The minimum atomic E-state index is -0.565. The Hall–Kier alpha value is -2.97. The summed E-state index contributed by atoms with van der Waals surface area (Å²) < 4.78 is 26.0. The standard InChI is InChI=1S/C21H20ClFN4O3/c1-27-9-13(6-12(27)10-28)30-19-7-14-17(8-18(19)29-2)24-11-25-21(14)26-16-5-3-4-15(22)20(16)23/h3-5,7-8,10-13H,6,9H2,1-2H3,(H,24,25,26)/t12?,13-/m0/s1. The van der Waals surface area contributed by atoms with Gasteiger partial charge in [0.1, 0.15) is 24.5 Å². The first-order valence-corrected chi connectivity index (χ1v) is 9.74. The number of anilines is 2. The normalized spacial score (nSPS) is 19.1. The highest BCUT2D eigenvalue weighted by Gasteiger charge is 2.31. The molecule has 1 aliphatic rings. The van der Waals surface area contributed by atoms with E-state index in [4.69, 9.17) is 21.1 Å². The molecule has 156 valence electrons. The molecule has 0 spiro atoms. The number of methoxy groups -OCH3 is 1. The van der Waals surface area contributed by atoms with E-state index in [1.807, 2.05) is 11.9 Å². The molecule has 30 heavy (non-hydrogen) atoms. The van der Waals surface area contributed by atoms with Crippen molar-refractivity contribution >= 4 is 40.3 Å². The number of aromatic nitrogens is 2. The van der Waals surface area contributed by atoms with Gasteiger partial charge in [0.05, 0.1) is 29.4 Å². The molecular formula is C21H20ClFN4O3. The number of hydrogen-bond donors (Lipinski definition) is 1. The molecule has 1 unspecified atom stereocenters. The van der Waals surface area contributed by atoms with Gasteiger partial charge in [0.2, 0.25) is 0 Å². The number of carbonyl (C=O) groups is 1. The van der Waals surface area contributed by atoms with Crippen molar-refractivity contribution in [1.29, 1.82) is 0 Å². The molecule has 1 saturated heterocycles. The van der Waals surface area contributed by atoms with Crippen LogP contribution < -0.4 is 14.8 Å². The number of likely N-dealkylation sites (N-methyl/N-ethyl adjacent to an activating group) is 1. The SMILES string of the molecule is COc1cc2ncnc(Nc3cccc(Cl)c3F)c2cc1O[C@H]1CC(C=O)N(C)C1. The van der Waals surface area contributed by atoms with Crippen LogP contribution in [0.15, 0.2) is 36.7 Å². The summed E-state index contributed by atoms with van der Waals surface area (Å²) in [5.74, 6) is 0.852. The molecule has 1 fully saturated rings. The molecule has 9 heteroatoms. The summed E-state index contributed by atoms with van der Waals surface area (Å²) in [6.45, 7) is 0.620. The number of nitrogens with zero attached hydrogens (tertiary/aromatic N) is 3. The number of hydrogen-bond acceptors (Lipinski definition) is 7. The largest absolute Gasteiger partial charge is 0.493 e. The van der Waals surface area contributed by atoms with Crippen molar-refractivity contribution in [2.24, 2.45) is 0 Å². The van der Waals surface area contributed by atoms with Crippen molar-refractivity contribution in [1.82, 2.24) is 14.9 Å². The first-order chi connectivity index (χ1) is 14.5. The average Bonchev–Trinajstić information content (AvgIpc) is 3.10. The maximum atomic E-state index is 14.3. The molecule has 1 aliphatic heterocycles. The predicted octanol–water partition coefficient (Wildman–Crippen LogP) is 3.82. The van der Waals surface area contributed by atoms with Crippen molar-refractivity contribution in [3.63, 3.8) is 0 Å². The second-order valence-electron chi connectivity index (χ2n) is 7.09. The fourth-order valence-corrected chi connectivity index (χ4v) is 3.72. The third kappa shape index (κ3) is 3.88. The van der Waals surface area contributed by atoms with Gasteiger partial charge in [-0.1, -0.05) is 17.7 Å². The Balaban J connectivity index is 1.70. The van der Waals surface area contributed by atoms with Gasteiger partial charge in [-0.2, -0.15) is 0 Å². The third-order valence-corrected chi connectivity index (χ3v) is 5.43. The molecular weight excluding hydrogens is 411 g/mol. The maximum absolute atomic E-state index is 14.3. The van der Waals surface area contributed by atoms with Gasteiger partial charge in [-0.05, 0) is 25.2 Å². The summed E-state index contributed by atoms with van der Waals surface area (Å²) in [4.78, 5) is 21.7. The molecule has 0 amide bonds. The van der Waals surface area contributed by atoms with E-state index < -0.39 is 5.82 Å². The number of halogens is 2. The number of benzene rings is 2. The molecule has 4 rings (SSSR count). The van der Waals surface area contributed by atoms with Crippen molar-refractivity contribution in [3.8, 4) is 11.5 Å². The van der Waals surface area contributed by atoms with Gasteiger partial charge in [-0.3, -0.25) is 4.90 Å². The van der Waals surface area contributed by atoms with Crippen LogP contribution in [0.2, 0.25) is 5.02 Å². The molecule has 1 N–H and O–H groups in total. The van der Waals surface area contributed by atoms with Crippen LogP contribution in [0.25, 0.3) is 10.9 Å². The van der Waals surface area contributed by atoms with Crippen molar-refractivity contribution in [3.05, 3.63) is 47.5 Å². The molecule has 2 heterocycles. The third-order valence-electron chi connectivity index (χ3n) is 5.14. The van der Waals surface area contributed by atoms with Crippen LogP contribution in [0.5, 0.6) is 11.5 Å². The van der Waals surface area contributed by atoms with Gasteiger partial charge in [0, 0.05) is 24.4 Å². The monoisotopic (exact) mass is 430 g/mol. The summed E-state index contributed by atoms with van der Waals surface area (Å²) in [6, 6.07) is 8.02. The Labute approximate surface area is 177 Å². The lowest BCUT2D eigenvalue weighted by molar-refractivity contribution is -0.111. The molecule has 0 aliphatic carbocycles. The zero-order chi connectivity index (χ0) is 21.3. The summed E-state index contributed by atoms with van der Waals surface area (Å²) in [5.41, 5.74) is 0.806. The number of ether oxygens (including phenoxy) is 2. The van der Waals surface area contributed by atoms with E-state index in [2.05, 4.69) is 15.3 Å². The number of fused-ring (bicyclic) bond motifs is 1. The minimum absolute atomic E-state index is 0.0131. The first-order valence-electron chi connectivity index (χ1n) is 9.36. The lowest BCUT2D eigenvalue weighted by atomic mass is 10.2. The van der Waals surface area contributed by atoms with Crippen LogP contribution in [-0.4, -0.2) is 54.0 Å². The zero-order valence-corrected chi connectivity index (χ0v) is 17.2. The van der Waals surface area contributed by atoms with E-state index in [-0.39, 0.29) is 22.9 Å². The number of rotatable bonds is 6. The van der Waals surface area contributed by atoms with Gasteiger partial charge in [-0.25, -0.2) is 14.4 Å². The Bertz CT molecular complexity index is 1100. The zero-order valence-electron chi connectivity index (χ0n) is 16.4. The number of aldehydes is 1. The number of carbonyl (C=O) groups excluding carboxylic acids is 1. The smallest absolute Gasteiger partial charge is 0.165 e. The van der Waals surface area contributed by atoms with Crippen molar-refractivity contribution in [2.45, 2.75) is 18.6 Å². The second kappa shape index (κ2) is 8.41. The van der Waals surface area contributed by atoms with Crippen LogP contribution in [0.1, 0.15) is 6.42 Å². The molecule has 3 aromatic rings. The Kier molecular flexibility index (Phi) is 5.69. The molecule has 7 nitrogen and oxygen atoms in total. The van der Waals surface area contributed by atoms with Gasteiger partial charge >= 0.3 is 0 Å². The summed E-state index contributed by atoms with van der Waals surface area (Å²) in [6.07, 6.45) is 2.73. The van der Waals surface area contributed by atoms with Crippen LogP contribution in [0, 0.1) is 5.82 Å². The van der Waals surface area contributed by atoms with Gasteiger partial charge in [-0.15, -0.1) is 0 Å². The van der Waals surface area contributed by atoms with Crippen molar-refractivity contribution in [2.75, 3.05) is 26.0 Å². The fraction of sp³-hybridized carbons (Fsp3) is 0.286. The first kappa shape index (κ1) is 20.3. The lowest BCUT2D eigenvalue weighted by Crippen LogP contribution is -2.26. The molecule has 0 bridgehead atoms. The van der Waals surface area contributed by atoms with E-state index in [9.17, 15) is 9.18 Å². The van der Waals surface area contributed by atoms with E-state index in [1.165, 1.54) is 12.4 Å². The second-order valence-corrected chi connectivity index (χ2v) is 7.49.